The second-order valence-electron chi connectivity index (χ2n) is 3.78. The Kier molecular flexibility index (Phi) is 6.75. The summed E-state index contributed by atoms with van der Waals surface area (Å²) in [5, 5.41) is 0. The van der Waals surface area contributed by atoms with E-state index in [1.165, 1.54) is 13.8 Å². The first-order chi connectivity index (χ1) is 6.95. The van der Waals surface area contributed by atoms with Crippen LogP contribution in [0.2, 0.25) is 0 Å². The molecule has 0 fully saturated rings. The van der Waals surface area contributed by atoms with Crippen LogP contribution in [0.4, 0.5) is 0 Å². The van der Waals surface area contributed by atoms with Crippen molar-refractivity contribution in [3.05, 3.63) is 0 Å². The van der Waals surface area contributed by atoms with Crippen LogP contribution in [0, 0.1) is 5.92 Å². The Hall–Kier alpha value is -1.06. The van der Waals surface area contributed by atoms with E-state index in [-0.39, 0.29) is 24.0 Å². The molecule has 0 aliphatic carbocycles. The van der Waals surface area contributed by atoms with Gasteiger partial charge in [-0.05, 0) is 18.8 Å². The fourth-order valence-electron chi connectivity index (χ4n) is 1.31. The van der Waals surface area contributed by atoms with Crippen LogP contribution in [0.1, 0.15) is 40.5 Å². The molecule has 2 unspecified atom stereocenters. The maximum Gasteiger partial charge on any atom is 0.302 e. The number of hydrogen-bond donors (Lipinski definition) is 0. The fraction of sp³-hybridized carbons (Fsp3) is 0.818. The number of carbonyl (C=O) groups excluding carboxylic acids is 2. The van der Waals surface area contributed by atoms with E-state index in [1.807, 2.05) is 13.8 Å². The smallest absolute Gasteiger partial charge is 0.302 e. The van der Waals surface area contributed by atoms with E-state index in [1.54, 1.807) is 0 Å². The van der Waals surface area contributed by atoms with Crippen LogP contribution < -0.4 is 0 Å². The average molecular weight is 216 g/mol. The van der Waals surface area contributed by atoms with Gasteiger partial charge in [-0.2, -0.15) is 0 Å². The van der Waals surface area contributed by atoms with Crippen LogP contribution in [0.15, 0.2) is 0 Å². The van der Waals surface area contributed by atoms with E-state index in [0.717, 1.165) is 12.8 Å². The van der Waals surface area contributed by atoms with Crippen molar-refractivity contribution < 1.29 is 19.1 Å². The Balaban J connectivity index is 3.84. The normalized spacial score (nSPS) is 14.1. The zero-order valence-corrected chi connectivity index (χ0v) is 9.91. The molecule has 0 aromatic rings. The molecule has 4 heteroatoms. The lowest BCUT2D eigenvalue weighted by molar-refractivity contribution is -0.149. The summed E-state index contributed by atoms with van der Waals surface area (Å²) in [6, 6.07) is 0. The van der Waals surface area contributed by atoms with E-state index in [2.05, 4.69) is 0 Å². The van der Waals surface area contributed by atoms with Crippen LogP contribution in [-0.4, -0.2) is 24.6 Å². The highest BCUT2D eigenvalue weighted by atomic mass is 16.5. The van der Waals surface area contributed by atoms with Gasteiger partial charge in [0, 0.05) is 13.8 Å². The van der Waals surface area contributed by atoms with E-state index in [4.69, 9.17) is 9.47 Å². The van der Waals surface area contributed by atoms with Gasteiger partial charge in [0.05, 0.1) is 6.61 Å². The summed E-state index contributed by atoms with van der Waals surface area (Å²) in [5.41, 5.74) is 0. The zero-order valence-electron chi connectivity index (χ0n) is 9.91. The van der Waals surface area contributed by atoms with Crippen LogP contribution in [0.3, 0.4) is 0 Å². The number of ether oxygens (including phenoxy) is 2. The predicted octanol–water partition coefficient (Wildman–Crippen LogP) is 1.92. The minimum atomic E-state index is -0.276. The molecular weight excluding hydrogens is 196 g/mol. The number of carbonyl (C=O) groups is 2. The van der Waals surface area contributed by atoms with Crippen molar-refractivity contribution in [1.82, 2.24) is 0 Å². The molecule has 2 atom stereocenters. The van der Waals surface area contributed by atoms with Crippen LogP contribution >= 0.6 is 0 Å². The molecule has 0 aromatic heterocycles. The maximum atomic E-state index is 10.8. The van der Waals surface area contributed by atoms with Crippen molar-refractivity contribution >= 4 is 11.9 Å². The molecule has 0 aromatic carbocycles. The maximum absolute atomic E-state index is 10.8. The molecule has 0 rings (SSSR count). The van der Waals surface area contributed by atoms with Gasteiger partial charge in [0.2, 0.25) is 0 Å². The minimum absolute atomic E-state index is 0.0759. The Labute approximate surface area is 90.9 Å². The molecule has 4 nitrogen and oxygen atoms in total. The molecule has 15 heavy (non-hydrogen) atoms. The number of rotatable bonds is 6. The summed E-state index contributed by atoms with van der Waals surface area (Å²) in [7, 11) is 0. The highest BCUT2D eigenvalue weighted by molar-refractivity contribution is 5.66. The number of esters is 2. The first-order valence-electron chi connectivity index (χ1n) is 5.26. The van der Waals surface area contributed by atoms with Crippen molar-refractivity contribution in [2.45, 2.75) is 46.6 Å². The summed E-state index contributed by atoms with van der Waals surface area (Å²) in [4.78, 5) is 21.3. The molecule has 0 saturated heterocycles. The van der Waals surface area contributed by atoms with Crippen molar-refractivity contribution in [3.8, 4) is 0 Å². The minimum Gasteiger partial charge on any atom is -0.466 e. The van der Waals surface area contributed by atoms with Crippen molar-refractivity contribution in [2.75, 3.05) is 6.61 Å². The SMILES string of the molecule is CCC(CC(C)COC(C)=O)OC(C)=O. The summed E-state index contributed by atoms with van der Waals surface area (Å²) < 4.78 is 9.97. The monoisotopic (exact) mass is 216 g/mol. The van der Waals surface area contributed by atoms with Gasteiger partial charge in [-0.15, -0.1) is 0 Å². The Morgan fingerprint density at radius 3 is 2.20 bits per heavy atom. The zero-order chi connectivity index (χ0) is 11.8. The van der Waals surface area contributed by atoms with Gasteiger partial charge in [0.25, 0.3) is 0 Å². The summed E-state index contributed by atoms with van der Waals surface area (Å²) in [6.45, 7) is 7.10. The van der Waals surface area contributed by atoms with Gasteiger partial charge in [-0.3, -0.25) is 9.59 Å². The predicted molar refractivity (Wildman–Crippen MR) is 56.3 cm³/mol. The molecule has 0 saturated carbocycles. The van der Waals surface area contributed by atoms with Gasteiger partial charge in [-0.1, -0.05) is 13.8 Å². The highest BCUT2D eigenvalue weighted by Gasteiger charge is 2.14. The third kappa shape index (κ3) is 7.97. The Bertz CT molecular complexity index is 213. The van der Waals surface area contributed by atoms with Gasteiger partial charge in [0.15, 0.2) is 0 Å². The molecule has 0 aliphatic rings. The molecular formula is C11H20O4. The quantitative estimate of drug-likeness (QED) is 0.636. The lowest BCUT2D eigenvalue weighted by Gasteiger charge is -2.19. The standard InChI is InChI=1S/C11H20O4/c1-5-11(15-10(4)13)6-8(2)7-14-9(3)12/h8,11H,5-7H2,1-4H3. The summed E-state index contributed by atoms with van der Waals surface area (Å²) in [5.74, 6) is -0.331. The topological polar surface area (TPSA) is 52.6 Å². The van der Waals surface area contributed by atoms with Gasteiger partial charge in [-0.25, -0.2) is 0 Å². The molecule has 88 valence electrons. The summed E-state index contributed by atoms with van der Waals surface area (Å²) >= 11 is 0. The lowest BCUT2D eigenvalue weighted by Crippen LogP contribution is -2.21. The van der Waals surface area contributed by atoms with E-state index < -0.39 is 0 Å². The van der Waals surface area contributed by atoms with Crippen molar-refractivity contribution in [2.24, 2.45) is 5.92 Å². The molecule has 0 heterocycles. The lowest BCUT2D eigenvalue weighted by atomic mass is 10.0. The van der Waals surface area contributed by atoms with Crippen molar-refractivity contribution in [3.63, 3.8) is 0 Å². The van der Waals surface area contributed by atoms with E-state index in [9.17, 15) is 9.59 Å². The van der Waals surface area contributed by atoms with Gasteiger partial charge in [0.1, 0.15) is 6.10 Å². The van der Waals surface area contributed by atoms with Crippen LogP contribution in [-0.2, 0) is 19.1 Å². The second kappa shape index (κ2) is 7.26. The third-order valence-corrected chi connectivity index (χ3v) is 2.02. The second-order valence-corrected chi connectivity index (χ2v) is 3.78. The van der Waals surface area contributed by atoms with Crippen LogP contribution in [0.5, 0.6) is 0 Å². The molecule has 0 spiro atoms. The first kappa shape index (κ1) is 13.9. The molecule has 0 radical (unpaired) electrons. The third-order valence-electron chi connectivity index (χ3n) is 2.02. The Morgan fingerprint density at radius 1 is 1.20 bits per heavy atom. The van der Waals surface area contributed by atoms with E-state index in [0.29, 0.717) is 6.61 Å². The van der Waals surface area contributed by atoms with E-state index >= 15 is 0 Å². The Morgan fingerprint density at radius 2 is 1.80 bits per heavy atom. The largest absolute Gasteiger partial charge is 0.466 e. The van der Waals surface area contributed by atoms with Gasteiger partial charge >= 0.3 is 11.9 Å². The molecule has 0 N–H and O–H groups in total. The fourth-order valence-corrected chi connectivity index (χ4v) is 1.31. The molecule has 0 amide bonds. The summed E-state index contributed by atoms with van der Waals surface area (Å²) in [6.07, 6.45) is 1.43. The average Bonchev–Trinajstić information content (AvgIpc) is 2.13. The van der Waals surface area contributed by atoms with Gasteiger partial charge < -0.3 is 9.47 Å². The van der Waals surface area contributed by atoms with Crippen LogP contribution in [0.25, 0.3) is 0 Å². The van der Waals surface area contributed by atoms with Crippen molar-refractivity contribution in [1.29, 1.82) is 0 Å². The molecule has 0 bridgehead atoms. The first-order valence-corrected chi connectivity index (χ1v) is 5.26. The highest BCUT2D eigenvalue weighted by Crippen LogP contribution is 2.12. The number of hydrogen-bond acceptors (Lipinski definition) is 4. The molecule has 0 aliphatic heterocycles.